The molecule has 144 valence electrons. The molecule has 4 rings (SSSR count). The summed E-state index contributed by atoms with van der Waals surface area (Å²) in [6.45, 7) is 0. The number of aliphatic hydroxyl groups is 1. The van der Waals surface area contributed by atoms with Gasteiger partial charge in [0.05, 0.1) is 16.6 Å². The molecule has 7 heteroatoms. The number of carbonyl (C=O) groups excluding carboxylic acids is 2. The number of carbonyl (C=O) groups is 2. The Labute approximate surface area is 170 Å². The lowest BCUT2D eigenvalue weighted by Gasteiger charge is -2.25. The van der Waals surface area contributed by atoms with Gasteiger partial charge in [0.2, 0.25) is 0 Å². The van der Waals surface area contributed by atoms with Crippen LogP contribution in [0.3, 0.4) is 0 Å². The monoisotopic (exact) mass is 408 g/mol. The van der Waals surface area contributed by atoms with E-state index in [1.54, 1.807) is 42.5 Å². The first-order valence-corrected chi connectivity index (χ1v) is 9.08. The molecule has 1 atom stereocenters. The first-order chi connectivity index (χ1) is 14.0. The van der Waals surface area contributed by atoms with Crippen LogP contribution in [0.4, 0.5) is 10.1 Å². The summed E-state index contributed by atoms with van der Waals surface area (Å²) in [6.07, 6.45) is 3.05. The van der Waals surface area contributed by atoms with Crippen LogP contribution in [0.25, 0.3) is 5.76 Å². The zero-order valence-electron chi connectivity index (χ0n) is 14.9. The molecule has 0 bridgehead atoms. The minimum Gasteiger partial charge on any atom is -0.507 e. The molecule has 1 fully saturated rings. The number of hydrogen-bond donors (Lipinski definition) is 1. The van der Waals surface area contributed by atoms with E-state index in [-0.39, 0.29) is 22.0 Å². The average Bonchev–Trinajstić information content (AvgIpc) is 3.02. The van der Waals surface area contributed by atoms with E-state index in [1.165, 1.54) is 29.4 Å². The third-order valence-electron chi connectivity index (χ3n) is 4.69. The lowest BCUT2D eigenvalue weighted by Crippen LogP contribution is -2.29. The van der Waals surface area contributed by atoms with Gasteiger partial charge >= 0.3 is 0 Å². The Hall–Kier alpha value is -3.51. The number of anilines is 1. The van der Waals surface area contributed by atoms with Crippen LogP contribution in [0.1, 0.15) is 17.2 Å². The fourth-order valence-corrected chi connectivity index (χ4v) is 3.52. The van der Waals surface area contributed by atoms with Crippen molar-refractivity contribution in [1.29, 1.82) is 0 Å². The molecule has 1 aromatic heterocycles. The Kier molecular flexibility index (Phi) is 4.86. The fourth-order valence-electron chi connectivity index (χ4n) is 3.35. The Balaban J connectivity index is 1.95. The standard InChI is InChI=1S/C22H14ClFN2O3/c23-16-12-15(6-7-17(16)24)26-19(13-8-10-25-11-9-13)18(21(28)22(26)29)20(27)14-4-2-1-3-5-14/h1-12,19,27H/b20-18+. The molecule has 29 heavy (non-hydrogen) atoms. The average molecular weight is 409 g/mol. The van der Waals surface area contributed by atoms with E-state index in [0.717, 1.165) is 6.07 Å². The van der Waals surface area contributed by atoms with Gasteiger partial charge in [-0.25, -0.2) is 4.39 Å². The molecule has 0 radical (unpaired) electrons. The Morgan fingerprint density at radius 1 is 1.03 bits per heavy atom. The maximum Gasteiger partial charge on any atom is 0.300 e. The first kappa shape index (κ1) is 18.8. The van der Waals surface area contributed by atoms with Crippen molar-refractivity contribution >= 4 is 34.7 Å². The van der Waals surface area contributed by atoms with Crippen molar-refractivity contribution in [3.63, 3.8) is 0 Å². The van der Waals surface area contributed by atoms with Crippen molar-refractivity contribution < 1.29 is 19.1 Å². The first-order valence-electron chi connectivity index (χ1n) is 8.70. The highest BCUT2D eigenvalue weighted by Crippen LogP contribution is 2.42. The minimum absolute atomic E-state index is 0.0622. The van der Waals surface area contributed by atoms with E-state index >= 15 is 0 Å². The van der Waals surface area contributed by atoms with Crippen LogP contribution < -0.4 is 4.90 Å². The summed E-state index contributed by atoms with van der Waals surface area (Å²) >= 11 is 5.90. The number of halogens is 2. The van der Waals surface area contributed by atoms with Gasteiger partial charge in [0.1, 0.15) is 11.6 Å². The maximum absolute atomic E-state index is 13.6. The summed E-state index contributed by atoms with van der Waals surface area (Å²) in [5, 5.41) is 10.7. The highest BCUT2D eigenvalue weighted by atomic mass is 35.5. The second-order valence-electron chi connectivity index (χ2n) is 6.41. The smallest absolute Gasteiger partial charge is 0.300 e. The van der Waals surface area contributed by atoms with Gasteiger partial charge in [0.15, 0.2) is 0 Å². The molecular formula is C22H14ClFN2O3. The van der Waals surface area contributed by atoms with Crippen molar-refractivity contribution in [2.45, 2.75) is 6.04 Å². The van der Waals surface area contributed by atoms with Gasteiger partial charge < -0.3 is 5.11 Å². The summed E-state index contributed by atoms with van der Waals surface area (Å²) in [5.41, 5.74) is 1.15. The predicted octanol–water partition coefficient (Wildman–Crippen LogP) is 4.50. The molecule has 0 aliphatic carbocycles. The molecule has 3 aromatic rings. The highest BCUT2D eigenvalue weighted by Gasteiger charge is 2.47. The molecule has 1 unspecified atom stereocenters. The second-order valence-corrected chi connectivity index (χ2v) is 6.82. The molecule has 1 amide bonds. The number of aliphatic hydroxyl groups excluding tert-OH is 1. The van der Waals surface area contributed by atoms with Crippen molar-refractivity contribution in [3.05, 3.63) is 101 Å². The van der Waals surface area contributed by atoms with E-state index in [0.29, 0.717) is 11.1 Å². The number of nitrogens with zero attached hydrogens (tertiary/aromatic N) is 2. The second kappa shape index (κ2) is 7.48. The van der Waals surface area contributed by atoms with Crippen LogP contribution in [-0.4, -0.2) is 21.8 Å². The third kappa shape index (κ3) is 3.28. The van der Waals surface area contributed by atoms with Gasteiger partial charge in [-0.2, -0.15) is 0 Å². The molecule has 1 N–H and O–H groups in total. The molecule has 1 aliphatic heterocycles. The van der Waals surface area contributed by atoms with Crippen LogP contribution in [-0.2, 0) is 9.59 Å². The van der Waals surface area contributed by atoms with Crippen LogP contribution in [0.5, 0.6) is 0 Å². The SMILES string of the molecule is O=C1C(=O)N(c2ccc(F)c(Cl)c2)C(c2ccncc2)/C1=C(\O)c1ccccc1. The fraction of sp³-hybridized carbons (Fsp3) is 0.0455. The van der Waals surface area contributed by atoms with Crippen molar-refractivity contribution in [2.75, 3.05) is 4.90 Å². The lowest BCUT2D eigenvalue weighted by molar-refractivity contribution is -0.132. The van der Waals surface area contributed by atoms with Gasteiger partial charge in [-0.3, -0.25) is 19.5 Å². The molecule has 2 aromatic carbocycles. The number of hydrogen-bond acceptors (Lipinski definition) is 4. The van der Waals surface area contributed by atoms with E-state index in [2.05, 4.69) is 4.98 Å². The molecule has 0 saturated carbocycles. The van der Waals surface area contributed by atoms with Crippen molar-refractivity contribution in [2.24, 2.45) is 0 Å². The van der Waals surface area contributed by atoms with Crippen LogP contribution in [0, 0.1) is 5.82 Å². The Morgan fingerprint density at radius 2 is 1.72 bits per heavy atom. The van der Waals surface area contributed by atoms with Crippen LogP contribution >= 0.6 is 11.6 Å². The zero-order chi connectivity index (χ0) is 20.5. The van der Waals surface area contributed by atoms with Gasteiger partial charge in [-0.1, -0.05) is 41.9 Å². The topological polar surface area (TPSA) is 70.5 Å². The molecule has 1 aliphatic rings. The molecule has 1 saturated heterocycles. The van der Waals surface area contributed by atoms with Gasteiger partial charge in [-0.05, 0) is 35.9 Å². The minimum atomic E-state index is -0.917. The molecule has 2 heterocycles. The maximum atomic E-state index is 13.6. The van der Waals surface area contributed by atoms with E-state index < -0.39 is 23.5 Å². The van der Waals surface area contributed by atoms with E-state index in [1.807, 2.05) is 0 Å². The Bertz CT molecular complexity index is 1130. The number of ketones is 1. The molecular weight excluding hydrogens is 395 g/mol. The van der Waals surface area contributed by atoms with Crippen LogP contribution in [0.2, 0.25) is 5.02 Å². The largest absolute Gasteiger partial charge is 0.507 e. The number of aromatic nitrogens is 1. The summed E-state index contributed by atoms with van der Waals surface area (Å²) in [6, 6.07) is 14.6. The highest BCUT2D eigenvalue weighted by molar-refractivity contribution is 6.51. The van der Waals surface area contributed by atoms with Crippen molar-refractivity contribution in [1.82, 2.24) is 4.98 Å². The van der Waals surface area contributed by atoms with Crippen LogP contribution in [0.15, 0.2) is 78.6 Å². The van der Waals surface area contributed by atoms with E-state index in [4.69, 9.17) is 11.6 Å². The van der Waals surface area contributed by atoms with Gasteiger partial charge in [-0.15, -0.1) is 0 Å². The number of benzene rings is 2. The Morgan fingerprint density at radius 3 is 2.38 bits per heavy atom. The van der Waals surface area contributed by atoms with E-state index in [9.17, 15) is 19.1 Å². The quantitative estimate of drug-likeness (QED) is 0.393. The van der Waals surface area contributed by atoms with Gasteiger partial charge in [0, 0.05) is 23.6 Å². The lowest BCUT2D eigenvalue weighted by atomic mass is 9.96. The summed E-state index contributed by atoms with van der Waals surface area (Å²) < 4.78 is 13.6. The number of pyridine rings is 1. The third-order valence-corrected chi connectivity index (χ3v) is 4.98. The summed E-state index contributed by atoms with van der Waals surface area (Å²) in [7, 11) is 0. The summed E-state index contributed by atoms with van der Waals surface area (Å²) in [5.74, 6) is -2.61. The summed E-state index contributed by atoms with van der Waals surface area (Å²) in [4.78, 5) is 31.0. The van der Waals surface area contributed by atoms with Gasteiger partial charge in [0.25, 0.3) is 11.7 Å². The number of Topliss-reactive ketones (excluding diaryl/α,β-unsaturated/α-hetero) is 1. The predicted molar refractivity (Wildman–Crippen MR) is 107 cm³/mol. The molecule has 0 spiro atoms. The zero-order valence-corrected chi connectivity index (χ0v) is 15.7. The number of rotatable bonds is 3. The normalized spacial score (nSPS) is 18.3. The molecule has 5 nitrogen and oxygen atoms in total. The van der Waals surface area contributed by atoms with Crippen molar-refractivity contribution in [3.8, 4) is 0 Å². The number of amides is 1.